The molecule has 0 bridgehead atoms. The molecule has 8 heterocycles. The number of aromatic nitrogens is 6. The minimum absolute atomic E-state index is 0.0853. The highest BCUT2D eigenvalue weighted by Crippen LogP contribution is 2.63. The second-order valence-electron chi connectivity index (χ2n) is 15.2. The number of thiophene rings is 3. The molecule has 2 atom stereocenters. The Labute approximate surface area is 348 Å². The lowest BCUT2D eigenvalue weighted by molar-refractivity contribution is 0.266. The number of hydrogen-bond acceptors (Lipinski definition) is 12. The standard InChI is InChI=1S/C43H46N6S6/c1-5-9-13-25(7-3)21-43(22-26(8-4)14-10-6-2)29-19-33(37-39-35(46-54-48-39)27(23-44-37)31-15-11-17-50-31)52-41(29)42-30(43)20-34(53-42)38-40-36(47-55-49-40)28(24-45-38)32-16-12-18-51-32/h11,15-17,19-20,23-26H,5-10,12-14,18,21-22H2,1-4H3. The molecule has 7 aromatic rings. The van der Waals surface area contributed by atoms with Crippen molar-refractivity contribution in [2.24, 2.45) is 11.8 Å². The Kier molecular flexibility index (Phi) is 11.1. The molecule has 0 saturated carbocycles. The van der Waals surface area contributed by atoms with E-state index in [-0.39, 0.29) is 5.41 Å². The third-order valence-corrected chi connectivity index (χ3v) is 17.4. The van der Waals surface area contributed by atoms with Gasteiger partial charge in [0.25, 0.3) is 0 Å². The lowest BCUT2D eigenvalue weighted by Gasteiger charge is -2.37. The van der Waals surface area contributed by atoms with Crippen LogP contribution in [0.4, 0.5) is 0 Å². The molecule has 2 aliphatic rings. The van der Waals surface area contributed by atoms with Crippen molar-refractivity contribution in [3.05, 3.63) is 64.8 Å². The zero-order valence-corrected chi connectivity index (χ0v) is 36.8. The number of unbranched alkanes of at least 4 members (excludes halogenated alkanes) is 2. The van der Waals surface area contributed by atoms with Crippen molar-refractivity contribution in [3.8, 4) is 41.3 Å². The average molecular weight is 839 g/mol. The second kappa shape index (κ2) is 16.2. The molecule has 0 fully saturated rings. The van der Waals surface area contributed by atoms with Crippen LogP contribution in [-0.2, 0) is 5.41 Å². The fourth-order valence-corrected chi connectivity index (χ4v) is 14.4. The molecular weight excluding hydrogens is 793 g/mol. The molecule has 1 aliphatic heterocycles. The first-order chi connectivity index (χ1) is 27.1. The van der Waals surface area contributed by atoms with Crippen molar-refractivity contribution in [1.82, 2.24) is 27.5 Å². The first-order valence-electron chi connectivity index (χ1n) is 20.0. The number of pyridine rings is 2. The molecule has 1 aliphatic carbocycles. The molecule has 0 N–H and O–H groups in total. The van der Waals surface area contributed by atoms with Crippen LogP contribution in [0.3, 0.4) is 0 Å². The summed E-state index contributed by atoms with van der Waals surface area (Å²) in [7, 11) is 0. The van der Waals surface area contributed by atoms with E-state index in [4.69, 9.17) is 27.5 Å². The van der Waals surface area contributed by atoms with Gasteiger partial charge in [0.15, 0.2) is 0 Å². The molecule has 0 aromatic carbocycles. The van der Waals surface area contributed by atoms with Gasteiger partial charge in [0, 0.05) is 54.2 Å². The predicted octanol–water partition coefficient (Wildman–Crippen LogP) is 14.6. The second-order valence-corrected chi connectivity index (χ2v) is 20.4. The van der Waals surface area contributed by atoms with E-state index in [1.54, 1.807) is 11.3 Å². The Bertz CT molecular complexity index is 2450. The smallest absolute Gasteiger partial charge is 0.132 e. The molecule has 0 spiro atoms. The van der Waals surface area contributed by atoms with Gasteiger partial charge in [-0.25, -0.2) is 0 Å². The van der Waals surface area contributed by atoms with Gasteiger partial charge in [-0.3, -0.25) is 9.97 Å². The summed E-state index contributed by atoms with van der Waals surface area (Å²) in [5, 5.41) is 2.12. The quantitative estimate of drug-likeness (QED) is 0.0959. The van der Waals surface area contributed by atoms with Crippen LogP contribution >= 0.6 is 69.2 Å². The Morgan fingerprint density at radius 3 is 1.76 bits per heavy atom. The fraction of sp³-hybridized carbons (Fsp3) is 0.442. The summed E-state index contributed by atoms with van der Waals surface area (Å²) in [6, 6.07) is 9.31. The molecule has 55 heavy (non-hydrogen) atoms. The summed E-state index contributed by atoms with van der Waals surface area (Å²) in [6.07, 6.45) is 19.8. The van der Waals surface area contributed by atoms with Gasteiger partial charge in [0.1, 0.15) is 33.5 Å². The maximum absolute atomic E-state index is 5.20. The highest BCUT2D eigenvalue weighted by atomic mass is 32.2. The fourth-order valence-electron chi connectivity index (χ4n) is 8.91. The van der Waals surface area contributed by atoms with Crippen molar-refractivity contribution in [2.75, 3.05) is 5.75 Å². The van der Waals surface area contributed by atoms with E-state index in [9.17, 15) is 0 Å². The van der Waals surface area contributed by atoms with Crippen LogP contribution in [0.2, 0.25) is 0 Å². The van der Waals surface area contributed by atoms with Crippen LogP contribution in [0.15, 0.2) is 48.1 Å². The van der Waals surface area contributed by atoms with Gasteiger partial charge in [-0.05, 0) is 65.8 Å². The van der Waals surface area contributed by atoms with Gasteiger partial charge in [0.2, 0.25) is 0 Å². The molecule has 0 saturated heterocycles. The highest BCUT2D eigenvalue weighted by Gasteiger charge is 2.48. The van der Waals surface area contributed by atoms with Gasteiger partial charge in [-0.2, -0.15) is 17.5 Å². The number of fused-ring (bicyclic) bond motifs is 5. The van der Waals surface area contributed by atoms with Crippen molar-refractivity contribution in [3.63, 3.8) is 0 Å². The normalized spacial score (nSPS) is 17.6. The summed E-state index contributed by atoms with van der Waals surface area (Å²) < 4.78 is 19.4. The molecule has 9 rings (SSSR count). The number of hydrogen-bond donors (Lipinski definition) is 0. The first-order valence-corrected chi connectivity index (χ1v) is 24.9. The third-order valence-electron chi connectivity index (χ3n) is 11.9. The molecule has 12 heteroatoms. The summed E-state index contributed by atoms with van der Waals surface area (Å²) >= 11 is 10.1. The number of rotatable bonds is 16. The Balaban J connectivity index is 1.23. The Morgan fingerprint density at radius 2 is 1.25 bits per heavy atom. The lowest BCUT2D eigenvalue weighted by atomic mass is 9.65. The van der Waals surface area contributed by atoms with Crippen molar-refractivity contribution in [2.45, 2.75) is 104 Å². The van der Waals surface area contributed by atoms with Crippen LogP contribution in [0.5, 0.6) is 0 Å². The molecule has 0 radical (unpaired) electrons. The molecule has 7 aromatic heterocycles. The third kappa shape index (κ3) is 6.76. The zero-order chi connectivity index (χ0) is 37.5. The summed E-state index contributed by atoms with van der Waals surface area (Å²) in [5.74, 6) is 2.42. The van der Waals surface area contributed by atoms with Crippen LogP contribution < -0.4 is 0 Å². The number of nitrogens with zero attached hydrogens (tertiary/aromatic N) is 6. The van der Waals surface area contributed by atoms with E-state index >= 15 is 0 Å². The zero-order valence-electron chi connectivity index (χ0n) is 31.9. The molecular formula is C43H46N6S6. The Hall–Kier alpha value is -2.87. The van der Waals surface area contributed by atoms with E-state index in [1.165, 1.54) is 128 Å². The minimum Gasteiger partial charge on any atom is -0.252 e. The lowest BCUT2D eigenvalue weighted by Crippen LogP contribution is -2.31. The summed E-state index contributed by atoms with van der Waals surface area (Å²) in [5.41, 5.74) is 10.9. The van der Waals surface area contributed by atoms with Gasteiger partial charge < -0.3 is 0 Å². The van der Waals surface area contributed by atoms with Crippen LogP contribution in [0.25, 0.3) is 68.3 Å². The molecule has 0 amide bonds. The van der Waals surface area contributed by atoms with Crippen molar-refractivity contribution in [1.29, 1.82) is 0 Å². The molecule has 6 nitrogen and oxygen atoms in total. The largest absolute Gasteiger partial charge is 0.252 e. The van der Waals surface area contributed by atoms with Crippen LogP contribution in [0.1, 0.15) is 115 Å². The summed E-state index contributed by atoms with van der Waals surface area (Å²) in [4.78, 5) is 18.1. The SMILES string of the molecule is CCCCC(CC)CC1(CC(CC)CCCC)c2cc(-c3ncc(C4=CCCS4)c4nsnc34)sc2-c2sc(-c3ncc(-c4cccs4)c4nsnc34)cc21. The first kappa shape index (κ1) is 37.7. The minimum atomic E-state index is -0.0853. The maximum atomic E-state index is 5.20. The van der Waals surface area contributed by atoms with Crippen molar-refractivity contribution >= 4 is 96.2 Å². The van der Waals surface area contributed by atoms with E-state index in [0.29, 0.717) is 11.8 Å². The topological polar surface area (TPSA) is 77.3 Å². The average Bonchev–Trinajstić information content (AvgIpc) is 4.06. The van der Waals surface area contributed by atoms with E-state index in [1.807, 2.05) is 40.6 Å². The summed E-state index contributed by atoms with van der Waals surface area (Å²) in [6.45, 7) is 9.50. The van der Waals surface area contributed by atoms with Crippen LogP contribution in [-0.4, -0.2) is 33.2 Å². The highest BCUT2D eigenvalue weighted by molar-refractivity contribution is 8.08. The van der Waals surface area contributed by atoms with E-state index in [2.05, 4.69) is 69.6 Å². The van der Waals surface area contributed by atoms with Gasteiger partial charge in [-0.1, -0.05) is 91.2 Å². The van der Waals surface area contributed by atoms with E-state index in [0.717, 1.165) is 56.8 Å². The monoisotopic (exact) mass is 838 g/mol. The van der Waals surface area contributed by atoms with Gasteiger partial charge in [0.05, 0.1) is 33.2 Å². The van der Waals surface area contributed by atoms with Gasteiger partial charge >= 0.3 is 0 Å². The Morgan fingerprint density at radius 1 is 0.691 bits per heavy atom. The maximum Gasteiger partial charge on any atom is 0.132 e. The molecule has 284 valence electrons. The van der Waals surface area contributed by atoms with Crippen molar-refractivity contribution < 1.29 is 0 Å². The van der Waals surface area contributed by atoms with Crippen LogP contribution in [0, 0.1) is 11.8 Å². The number of thioether (sulfide) groups is 1. The molecule has 2 unspecified atom stereocenters. The predicted molar refractivity (Wildman–Crippen MR) is 241 cm³/mol. The van der Waals surface area contributed by atoms with E-state index < -0.39 is 0 Å². The van der Waals surface area contributed by atoms with Gasteiger partial charge in [-0.15, -0.1) is 45.8 Å². The number of allylic oxidation sites excluding steroid dienone is 1.